The highest BCUT2D eigenvalue weighted by Gasteiger charge is 2.25. The molecule has 0 spiro atoms. The summed E-state index contributed by atoms with van der Waals surface area (Å²) in [6.07, 6.45) is 0. The highest BCUT2D eigenvalue weighted by Crippen LogP contribution is 2.19. The summed E-state index contributed by atoms with van der Waals surface area (Å²) in [5, 5.41) is 22.5. The minimum atomic E-state index is -0.589. The van der Waals surface area contributed by atoms with Crippen molar-refractivity contribution in [2.24, 2.45) is 5.41 Å². The molecule has 2 N–H and O–H groups in total. The third-order valence-corrected chi connectivity index (χ3v) is 3.39. The summed E-state index contributed by atoms with van der Waals surface area (Å²) in [6.45, 7) is 2.44. The minimum absolute atomic E-state index is 0.113. The lowest BCUT2D eigenvalue weighted by molar-refractivity contribution is 0.0378. The molecule has 0 amide bonds. The normalized spacial score (nSPS) is 12.1. The molecule has 120 valence electrons. The van der Waals surface area contributed by atoms with Gasteiger partial charge in [-0.1, -0.05) is 12.1 Å². The molecule has 0 unspecified atom stereocenters. The third kappa shape index (κ3) is 4.09. The van der Waals surface area contributed by atoms with Crippen molar-refractivity contribution in [1.29, 1.82) is 0 Å². The van der Waals surface area contributed by atoms with E-state index in [4.69, 9.17) is 4.52 Å². The molecule has 0 saturated heterocycles. The number of hydrogen-bond donors (Lipinski definition) is 2. The molecule has 1 aromatic carbocycles. The Kier molecular flexibility index (Phi) is 5.23. The van der Waals surface area contributed by atoms with Crippen LogP contribution in [-0.2, 0) is 6.54 Å². The first-order valence-corrected chi connectivity index (χ1v) is 6.94. The van der Waals surface area contributed by atoms with Gasteiger partial charge in [0.25, 0.3) is 0 Å². The molecular formula is C15H20FN3O3. The second kappa shape index (κ2) is 6.95. The van der Waals surface area contributed by atoms with E-state index >= 15 is 0 Å². The molecule has 0 bridgehead atoms. The van der Waals surface area contributed by atoms with Crippen molar-refractivity contribution >= 4 is 0 Å². The monoisotopic (exact) mass is 309 g/mol. The van der Waals surface area contributed by atoms with Crippen LogP contribution in [0.5, 0.6) is 0 Å². The van der Waals surface area contributed by atoms with Gasteiger partial charge in [-0.3, -0.25) is 4.90 Å². The zero-order valence-electron chi connectivity index (χ0n) is 12.7. The van der Waals surface area contributed by atoms with Crippen LogP contribution in [0.3, 0.4) is 0 Å². The van der Waals surface area contributed by atoms with Crippen LogP contribution in [-0.4, -0.2) is 52.1 Å². The number of halogens is 1. The first-order chi connectivity index (χ1) is 10.5. The van der Waals surface area contributed by atoms with Gasteiger partial charge in [0.2, 0.25) is 11.7 Å². The molecule has 0 radical (unpaired) electrons. The Balaban J connectivity index is 2.01. The predicted octanol–water partition coefficient (Wildman–Crippen LogP) is 1.30. The molecule has 7 heteroatoms. The molecule has 2 rings (SSSR count). The highest BCUT2D eigenvalue weighted by atomic mass is 19.1. The Morgan fingerprint density at radius 3 is 2.45 bits per heavy atom. The second-order valence-electron chi connectivity index (χ2n) is 5.82. The molecule has 0 saturated carbocycles. The van der Waals surface area contributed by atoms with Gasteiger partial charge in [-0.25, -0.2) is 4.39 Å². The van der Waals surface area contributed by atoms with Crippen LogP contribution in [0.25, 0.3) is 11.4 Å². The van der Waals surface area contributed by atoms with Crippen LogP contribution in [0.4, 0.5) is 4.39 Å². The number of aliphatic hydroxyl groups is 2. The average molecular weight is 309 g/mol. The van der Waals surface area contributed by atoms with E-state index in [1.165, 1.54) is 12.1 Å². The Morgan fingerprint density at radius 1 is 1.23 bits per heavy atom. The summed E-state index contributed by atoms with van der Waals surface area (Å²) in [4.78, 5) is 6.15. The lowest BCUT2D eigenvalue weighted by Gasteiger charge is -2.29. The van der Waals surface area contributed by atoms with Crippen molar-refractivity contribution in [2.75, 3.05) is 26.8 Å². The van der Waals surface area contributed by atoms with Gasteiger partial charge in [0, 0.05) is 17.5 Å². The van der Waals surface area contributed by atoms with Gasteiger partial charge in [-0.05, 0) is 31.3 Å². The van der Waals surface area contributed by atoms with Gasteiger partial charge in [0.15, 0.2) is 0 Å². The number of aliphatic hydroxyl groups excluding tert-OH is 2. The van der Waals surface area contributed by atoms with Crippen molar-refractivity contribution in [3.05, 3.63) is 36.0 Å². The van der Waals surface area contributed by atoms with Gasteiger partial charge in [0.05, 0.1) is 19.8 Å². The summed E-state index contributed by atoms with van der Waals surface area (Å²) >= 11 is 0. The fourth-order valence-electron chi connectivity index (χ4n) is 2.12. The van der Waals surface area contributed by atoms with Crippen molar-refractivity contribution in [3.8, 4) is 11.4 Å². The van der Waals surface area contributed by atoms with Crippen LogP contribution < -0.4 is 0 Å². The Morgan fingerprint density at radius 2 is 1.86 bits per heavy atom. The van der Waals surface area contributed by atoms with Crippen molar-refractivity contribution in [3.63, 3.8) is 0 Å². The fourth-order valence-corrected chi connectivity index (χ4v) is 2.12. The predicted molar refractivity (Wildman–Crippen MR) is 78.3 cm³/mol. The van der Waals surface area contributed by atoms with Crippen molar-refractivity contribution < 1.29 is 19.1 Å². The largest absolute Gasteiger partial charge is 0.396 e. The molecule has 0 atom stereocenters. The number of nitrogens with zero attached hydrogens (tertiary/aromatic N) is 3. The molecule has 0 aliphatic heterocycles. The molecular weight excluding hydrogens is 289 g/mol. The van der Waals surface area contributed by atoms with E-state index in [2.05, 4.69) is 10.1 Å². The first kappa shape index (κ1) is 16.5. The minimum Gasteiger partial charge on any atom is -0.396 e. The quantitative estimate of drug-likeness (QED) is 0.802. The lowest BCUT2D eigenvalue weighted by atomic mass is 9.92. The second-order valence-corrected chi connectivity index (χ2v) is 5.82. The maximum Gasteiger partial charge on any atom is 0.241 e. The van der Waals surface area contributed by atoms with E-state index in [0.29, 0.717) is 30.4 Å². The smallest absolute Gasteiger partial charge is 0.241 e. The van der Waals surface area contributed by atoms with Crippen molar-refractivity contribution in [1.82, 2.24) is 15.0 Å². The van der Waals surface area contributed by atoms with E-state index in [9.17, 15) is 14.6 Å². The van der Waals surface area contributed by atoms with E-state index in [-0.39, 0.29) is 19.0 Å². The summed E-state index contributed by atoms with van der Waals surface area (Å²) in [5.41, 5.74) is 0.0868. The number of benzene rings is 1. The average Bonchev–Trinajstić information content (AvgIpc) is 2.96. The molecule has 0 aliphatic rings. The lowest BCUT2D eigenvalue weighted by Crippen LogP contribution is -2.38. The molecule has 2 aromatic rings. The van der Waals surface area contributed by atoms with E-state index in [1.54, 1.807) is 19.1 Å². The van der Waals surface area contributed by atoms with Gasteiger partial charge < -0.3 is 14.7 Å². The Hall–Kier alpha value is -1.83. The molecule has 0 fully saturated rings. The van der Waals surface area contributed by atoms with Crippen LogP contribution in [0.1, 0.15) is 12.8 Å². The summed E-state index contributed by atoms with van der Waals surface area (Å²) < 4.78 is 18.1. The van der Waals surface area contributed by atoms with Gasteiger partial charge in [-0.15, -0.1) is 0 Å². The molecule has 6 nitrogen and oxygen atoms in total. The number of aromatic nitrogens is 2. The van der Waals surface area contributed by atoms with E-state index < -0.39 is 5.41 Å². The zero-order valence-corrected chi connectivity index (χ0v) is 12.7. The number of rotatable bonds is 7. The van der Waals surface area contributed by atoms with Crippen LogP contribution in [0, 0.1) is 11.2 Å². The van der Waals surface area contributed by atoms with Crippen LogP contribution >= 0.6 is 0 Å². The standard InChI is InChI=1S/C15H20FN3O3/c1-15(9-20,10-21)8-19(2)7-13-17-14(18-22-13)11-3-5-12(16)6-4-11/h3-6,20-21H,7-10H2,1-2H3. The Bertz CT molecular complexity index is 596. The van der Waals surface area contributed by atoms with Gasteiger partial charge >= 0.3 is 0 Å². The number of hydrogen-bond acceptors (Lipinski definition) is 6. The van der Waals surface area contributed by atoms with Gasteiger partial charge in [-0.2, -0.15) is 4.98 Å². The zero-order chi connectivity index (χ0) is 16.2. The highest BCUT2D eigenvalue weighted by molar-refractivity contribution is 5.53. The topological polar surface area (TPSA) is 82.6 Å². The van der Waals surface area contributed by atoms with Gasteiger partial charge in [0.1, 0.15) is 5.82 Å². The summed E-state index contributed by atoms with van der Waals surface area (Å²) in [6, 6.07) is 5.85. The van der Waals surface area contributed by atoms with E-state index in [0.717, 1.165) is 0 Å². The maximum absolute atomic E-state index is 12.9. The maximum atomic E-state index is 12.9. The Labute approximate surface area is 128 Å². The van der Waals surface area contributed by atoms with Crippen LogP contribution in [0.15, 0.2) is 28.8 Å². The molecule has 0 aliphatic carbocycles. The molecule has 1 aromatic heterocycles. The SMILES string of the molecule is CN(Cc1nc(-c2ccc(F)cc2)no1)CC(C)(CO)CO. The summed E-state index contributed by atoms with van der Waals surface area (Å²) in [5.74, 6) is 0.495. The first-order valence-electron chi connectivity index (χ1n) is 6.94. The molecule has 22 heavy (non-hydrogen) atoms. The molecule has 1 heterocycles. The fraction of sp³-hybridized carbons (Fsp3) is 0.467. The summed E-state index contributed by atoms with van der Waals surface area (Å²) in [7, 11) is 1.84. The van der Waals surface area contributed by atoms with E-state index in [1.807, 2.05) is 11.9 Å². The van der Waals surface area contributed by atoms with Crippen LogP contribution in [0.2, 0.25) is 0 Å². The van der Waals surface area contributed by atoms with Crippen molar-refractivity contribution in [2.45, 2.75) is 13.5 Å². The third-order valence-electron chi connectivity index (χ3n) is 3.39.